The van der Waals surface area contributed by atoms with Gasteiger partial charge in [-0.3, -0.25) is 29.4 Å². The molecule has 2 heterocycles. The molecule has 1 fully saturated rings. The Morgan fingerprint density at radius 1 is 1.12 bits per heavy atom. The number of anilines is 1. The smallest absolute Gasteiger partial charge is 0.416 e. The number of methoxy groups -OCH3 is 1. The number of halogens is 3. The van der Waals surface area contributed by atoms with Gasteiger partial charge in [0, 0.05) is 29.2 Å². The molecule has 1 aliphatic rings. The van der Waals surface area contributed by atoms with E-state index < -0.39 is 40.3 Å². The number of carbonyl (C=O) groups is 3. The maximum atomic E-state index is 13.1. The average Bonchev–Trinajstić information content (AvgIpc) is 3.32. The minimum atomic E-state index is -4.66. The number of rotatable bonds is 7. The van der Waals surface area contributed by atoms with Crippen LogP contribution < -0.4 is 10.1 Å². The number of thioether (sulfide) groups is 1. The first kappa shape index (κ1) is 28.4. The van der Waals surface area contributed by atoms with Crippen LogP contribution in [0.3, 0.4) is 0 Å². The van der Waals surface area contributed by atoms with Crippen LogP contribution in [0.5, 0.6) is 5.75 Å². The zero-order chi connectivity index (χ0) is 29.4. The molecule has 10 nitrogen and oxygen atoms in total. The fraction of sp³-hybridized carbons (Fsp3) is 0.192. The lowest BCUT2D eigenvalue weighted by atomic mass is 10.1. The second-order valence-corrected chi connectivity index (χ2v) is 9.66. The highest BCUT2D eigenvalue weighted by Crippen LogP contribution is 2.36. The Morgan fingerprint density at radius 3 is 2.40 bits per heavy atom. The number of nitrogens with one attached hydrogen (secondary N) is 1. The summed E-state index contributed by atoms with van der Waals surface area (Å²) < 4.78 is 46.1. The largest absolute Gasteiger partial charge is 0.495 e. The minimum Gasteiger partial charge on any atom is -0.495 e. The first-order chi connectivity index (χ1) is 18.8. The standard InChI is InChI=1S/C26H21F3N4O6S/c1-14-10-16(15(2)32(14)18-5-7-19(8-6-18)33(37)38)11-22-24(35)31(25(36)40-22)13-23(34)30-20-12-17(26(27,28)29)4-9-21(20)39-3/h4-12H,13H2,1-3H3,(H,30,34)/b22-11-. The van der Waals surface area contributed by atoms with Crippen LogP contribution >= 0.6 is 11.8 Å². The molecule has 3 amide bonds. The predicted molar refractivity (Wildman–Crippen MR) is 141 cm³/mol. The molecule has 1 saturated heterocycles. The lowest BCUT2D eigenvalue weighted by Crippen LogP contribution is -2.36. The number of nitro benzene ring substituents is 1. The fourth-order valence-corrected chi connectivity index (χ4v) is 4.98. The van der Waals surface area contributed by atoms with Crippen LogP contribution in [0.1, 0.15) is 22.5 Å². The highest BCUT2D eigenvalue weighted by Gasteiger charge is 2.37. The van der Waals surface area contributed by atoms with Gasteiger partial charge in [0.1, 0.15) is 12.3 Å². The summed E-state index contributed by atoms with van der Waals surface area (Å²) in [6, 6.07) is 10.3. The summed E-state index contributed by atoms with van der Waals surface area (Å²) in [4.78, 5) is 49.4. The van der Waals surface area contributed by atoms with Crippen LogP contribution in [-0.2, 0) is 15.8 Å². The Bertz CT molecular complexity index is 1560. The average molecular weight is 575 g/mol. The Morgan fingerprint density at radius 2 is 1.80 bits per heavy atom. The number of carbonyl (C=O) groups excluding carboxylic acids is 3. The molecule has 0 spiro atoms. The van der Waals surface area contributed by atoms with Crippen LogP contribution in [-0.4, -0.2) is 45.1 Å². The third kappa shape index (κ3) is 5.71. The summed E-state index contributed by atoms with van der Waals surface area (Å²) in [7, 11) is 1.22. The van der Waals surface area contributed by atoms with E-state index in [1.165, 1.54) is 25.3 Å². The van der Waals surface area contributed by atoms with Gasteiger partial charge < -0.3 is 14.6 Å². The van der Waals surface area contributed by atoms with Crippen molar-refractivity contribution in [3.8, 4) is 11.4 Å². The molecule has 208 valence electrons. The van der Waals surface area contributed by atoms with E-state index in [4.69, 9.17) is 4.74 Å². The zero-order valence-corrected chi connectivity index (χ0v) is 22.1. The fourth-order valence-electron chi connectivity index (χ4n) is 4.15. The van der Waals surface area contributed by atoms with E-state index in [-0.39, 0.29) is 22.0 Å². The van der Waals surface area contributed by atoms with Crippen molar-refractivity contribution in [1.29, 1.82) is 0 Å². The van der Waals surface area contributed by atoms with Crippen molar-refractivity contribution in [2.24, 2.45) is 0 Å². The number of hydrogen-bond donors (Lipinski definition) is 1. The van der Waals surface area contributed by atoms with Gasteiger partial charge in [0.15, 0.2) is 0 Å². The van der Waals surface area contributed by atoms with Crippen molar-refractivity contribution < 1.29 is 37.2 Å². The van der Waals surface area contributed by atoms with E-state index >= 15 is 0 Å². The van der Waals surface area contributed by atoms with Gasteiger partial charge in [0.25, 0.3) is 16.8 Å². The van der Waals surface area contributed by atoms with E-state index in [0.717, 1.165) is 17.8 Å². The lowest BCUT2D eigenvalue weighted by molar-refractivity contribution is -0.384. The summed E-state index contributed by atoms with van der Waals surface area (Å²) in [5.41, 5.74) is 1.41. The van der Waals surface area contributed by atoms with E-state index in [1.54, 1.807) is 25.1 Å². The first-order valence-electron chi connectivity index (χ1n) is 11.5. The molecule has 0 saturated carbocycles. The summed E-state index contributed by atoms with van der Waals surface area (Å²) in [6.45, 7) is 2.87. The summed E-state index contributed by atoms with van der Waals surface area (Å²) in [6.07, 6.45) is -3.15. The Hall–Kier alpha value is -4.59. The molecule has 0 radical (unpaired) electrons. The number of imide groups is 1. The number of aryl methyl sites for hydroxylation is 1. The molecule has 0 unspecified atom stereocenters. The third-order valence-electron chi connectivity index (χ3n) is 6.05. The van der Waals surface area contributed by atoms with Gasteiger partial charge in [0.2, 0.25) is 5.91 Å². The minimum absolute atomic E-state index is 0.0289. The van der Waals surface area contributed by atoms with Crippen LogP contribution in [0, 0.1) is 24.0 Å². The number of alkyl halides is 3. The number of benzene rings is 2. The molecule has 4 rings (SSSR count). The number of hydrogen-bond acceptors (Lipinski definition) is 7. The lowest BCUT2D eigenvalue weighted by Gasteiger charge is -2.16. The zero-order valence-electron chi connectivity index (χ0n) is 21.2. The molecule has 1 N–H and O–H groups in total. The van der Waals surface area contributed by atoms with Gasteiger partial charge in [-0.1, -0.05) is 0 Å². The van der Waals surface area contributed by atoms with Crippen molar-refractivity contribution in [3.05, 3.63) is 86.1 Å². The number of nitro groups is 1. The monoisotopic (exact) mass is 574 g/mol. The molecule has 0 atom stereocenters. The van der Waals surface area contributed by atoms with Crippen LogP contribution in [0.25, 0.3) is 11.8 Å². The Balaban J connectivity index is 1.53. The van der Waals surface area contributed by atoms with E-state index in [2.05, 4.69) is 5.32 Å². The molecule has 0 aliphatic carbocycles. The number of aromatic nitrogens is 1. The molecule has 3 aromatic rings. The van der Waals surface area contributed by atoms with E-state index in [9.17, 15) is 37.7 Å². The topological polar surface area (TPSA) is 124 Å². The van der Waals surface area contributed by atoms with Crippen molar-refractivity contribution in [1.82, 2.24) is 9.47 Å². The first-order valence-corrected chi connectivity index (χ1v) is 12.4. The predicted octanol–water partition coefficient (Wildman–Crippen LogP) is 5.70. The molecular weight excluding hydrogens is 553 g/mol. The van der Waals surface area contributed by atoms with Gasteiger partial charge in [-0.2, -0.15) is 13.2 Å². The number of ether oxygens (including phenoxy) is 1. The molecule has 1 aromatic heterocycles. The molecule has 2 aromatic carbocycles. The van der Waals surface area contributed by atoms with Crippen molar-refractivity contribution in [2.45, 2.75) is 20.0 Å². The molecule has 14 heteroatoms. The highest BCUT2D eigenvalue weighted by molar-refractivity contribution is 8.18. The molecule has 0 bridgehead atoms. The quantitative estimate of drug-likeness (QED) is 0.218. The number of amides is 3. The molecule has 40 heavy (non-hydrogen) atoms. The van der Waals surface area contributed by atoms with Crippen LogP contribution in [0.4, 0.5) is 29.3 Å². The third-order valence-corrected chi connectivity index (χ3v) is 6.96. The number of nitrogens with zero attached hydrogens (tertiary/aromatic N) is 3. The number of non-ortho nitro benzene ring substituents is 1. The summed E-state index contributed by atoms with van der Waals surface area (Å²) in [5, 5.41) is 12.5. The second kappa shape index (κ2) is 10.9. The molecular formula is C26H21F3N4O6S. The van der Waals surface area contributed by atoms with E-state index in [0.29, 0.717) is 39.7 Å². The SMILES string of the molecule is COc1ccc(C(F)(F)F)cc1NC(=O)CN1C(=O)S/C(=C\c2cc(C)n(-c3ccc([N+](=O)[O-])cc3)c2C)C1=O. The highest BCUT2D eigenvalue weighted by atomic mass is 32.2. The Labute approximate surface area is 229 Å². The van der Waals surface area contributed by atoms with Gasteiger partial charge >= 0.3 is 6.18 Å². The van der Waals surface area contributed by atoms with Gasteiger partial charge in [-0.05, 0) is 73.6 Å². The second-order valence-electron chi connectivity index (χ2n) is 8.66. The van der Waals surface area contributed by atoms with Crippen molar-refractivity contribution in [3.63, 3.8) is 0 Å². The van der Waals surface area contributed by atoms with Crippen molar-refractivity contribution >= 4 is 46.3 Å². The van der Waals surface area contributed by atoms with E-state index in [1.807, 2.05) is 11.5 Å². The summed E-state index contributed by atoms with van der Waals surface area (Å²) in [5.74, 6) is -1.66. The normalized spacial score (nSPS) is 14.7. The maximum Gasteiger partial charge on any atom is 0.416 e. The molecule has 1 aliphatic heterocycles. The van der Waals surface area contributed by atoms with Crippen LogP contribution in [0.2, 0.25) is 0 Å². The van der Waals surface area contributed by atoms with Crippen LogP contribution in [0.15, 0.2) is 53.4 Å². The van der Waals surface area contributed by atoms with Gasteiger partial charge in [-0.15, -0.1) is 0 Å². The maximum absolute atomic E-state index is 13.1. The Kier molecular flexibility index (Phi) is 7.73. The summed E-state index contributed by atoms with van der Waals surface area (Å²) >= 11 is 0.624. The van der Waals surface area contributed by atoms with Crippen molar-refractivity contribution in [2.75, 3.05) is 19.0 Å². The van der Waals surface area contributed by atoms with Gasteiger partial charge in [-0.25, -0.2) is 0 Å². The van der Waals surface area contributed by atoms with Gasteiger partial charge in [0.05, 0.1) is 28.2 Å².